The summed E-state index contributed by atoms with van der Waals surface area (Å²) in [5, 5.41) is 18.0. The summed E-state index contributed by atoms with van der Waals surface area (Å²) in [7, 11) is 1.55. The van der Waals surface area contributed by atoms with E-state index in [2.05, 4.69) is 21.0 Å². The molecule has 4 atom stereocenters. The van der Waals surface area contributed by atoms with Gasteiger partial charge in [-0.15, -0.1) is 0 Å². The first-order valence-corrected chi connectivity index (χ1v) is 9.87. The van der Waals surface area contributed by atoms with Crippen LogP contribution in [-0.4, -0.2) is 47.2 Å². The number of methoxy groups -OCH3 is 1. The number of hydrogen-bond acceptors (Lipinski definition) is 6. The van der Waals surface area contributed by atoms with E-state index in [-0.39, 0.29) is 10.7 Å². The summed E-state index contributed by atoms with van der Waals surface area (Å²) >= 11 is 3.40. The van der Waals surface area contributed by atoms with Crippen molar-refractivity contribution in [1.29, 1.82) is 0 Å². The highest BCUT2D eigenvalue weighted by molar-refractivity contribution is 9.10. The molecule has 0 spiro atoms. The van der Waals surface area contributed by atoms with Crippen LogP contribution in [0.4, 0.5) is 0 Å². The maximum absolute atomic E-state index is 13.5. The Balaban J connectivity index is 1.81. The number of rotatable bonds is 5. The van der Waals surface area contributed by atoms with Gasteiger partial charge < -0.3 is 4.74 Å². The number of Topliss-reactive ketones (excluding diaryl/α,β-unsaturated/α-hetero) is 1. The molecule has 0 unspecified atom stereocenters. The number of fused-ring (bicyclic) bond motifs is 1. The van der Waals surface area contributed by atoms with E-state index in [0.717, 1.165) is 10.0 Å². The van der Waals surface area contributed by atoms with Gasteiger partial charge in [-0.05, 0) is 48.0 Å². The molecule has 2 aromatic rings. The van der Waals surface area contributed by atoms with Crippen LogP contribution in [0.3, 0.4) is 0 Å². The van der Waals surface area contributed by atoms with Crippen molar-refractivity contribution in [2.75, 3.05) is 7.11 Å². The van der Waals surface area contributed by atoms with Crippen LogP contribution >= 0.6 is 15.9 Å². The molecule has 148 valence electrons. The Morgan fingerprint density at radius 3 is 2.48 bits per heavy atom. The molecule has 2 aliphatic heterocycles. The number of hydrogen-bond donors (Lipinski definition) is 0. The SMILES string of the molecule is COc1ccc(C(=O)[C@@H]2[C@H](c3ccc(Br)cc3)[C@@H]([N+](=O)[O-])[C@@H]3C=CC=NN23)cc1. The van der Waals surface area contributed by atoms with Crippen molar-refractivity contribution >= 4 is 27.9 Å². The molecule has 4 rings (SSSR count). The average molecular weight is 456 g/mol. The van der Waals surface area contributed by atoms with E-state index in [1.807, 2.05) is 24.3 Å². The largest absolute Gasteiger partial charge is 0.497 e. The van der Waals surface area contributed by atoms with Gasteiger partial charge in [0.15, 0.2) is 5.78 Å². The van der Waals surface area contributed by atoms with Crippen LogP contribution in [0.1, 0.15) is 21.8 Å². The number of ether oxygens (including phenoxy) is 1. The Bertz CT molecular complexity index is 988. The second-order valence-corrected chi connectivity index (χ2v) is 7.83. The van der Waals surface area contributed by atoms with Crippen LogP contribution in [0, 0.1) is 10.1 Å². The molecule has 0 aromatic heterocycles. The minimum atomic E-state index is -0.989. The smallest absolute Gasteiger partial charge is 0.247 e. The summed E-state index contributed by atoms with van der Waals surface area (Å²) in [4.78, 5) is 25.3. The molecule has 0 bridgehead atoms. The van der Waals surface area contributed by atoms with Gasteiger partial charge in [0, 0.05) is 21.2 Å². The van der Waals surface area contributed by atoms with E-state index < -0.39 is 24.0 Å². The van der Waals surface area contributed by atoms with Crippen LogP contribution in [-0.2, 0) is 0 Å². The average Bonchev–Trinajstić information content (AvgIpc) is 3.09. The number of allylic oxidation sites excluding steroid dienone is 1. The van der Waals surface area contributed by atoms with Crippen molar-refractivity contribution in [1.82, 2.24) is 5.01 Å². The van der Waals surface area contributed by atoms with Gasteiger partial charge in [-0.3, -0.25) is 19.9 Å². The number of carbonyl (C=O) groups excluding carboxylic acids is 1. The zero-order valence-corrected chi connectivity index (χ0v) is 17.1. The number of ketones is 1. The Morgan fingerprint density at radius 2 is 1.86 bits per heavy atom. The van der Waals surface area contributed by atoms with E-state index in [9.17, 15) is 14.9 Å². The van der Waals surface area contributed by atoms with Gasteiger partial charge in [0.1, 0.15) is 17.8 Å². The third-order valence-corrected chi connectivity index (χ3v) is 5.91. The Hall–Kier alpha value is -3.00. The molecule has 2 aromatic carbocycles. The number of nitro groups is 1. The van der Waals surface area contributed by atoms with E-state index in [0.29, 0.717) is 11.3 Å². The fourth-order valence-electron chi connectivity index (χ4n) is 4.07. The molecular weight excluding hydrogens is 438 g/mol. The molecule has 1 saturated heterocycles. The molecule has 0 amide bonds. The van der Waals surface area contributed by atoms with Gasteiger partial charge in [0.2, 0.25) is 6.04 Å². The minimum Gasteiger partial charge on any atom is -0.497 e. The molecule has 0 N–H and O–H groups in total. The van der Waals surface area contributed by atoms with E-state index in [1.54, 1.807) is 54.8 Å². The number of benzene rings is 2. The predicted octanol–water partition coefficient (Wildman–Crippen LogP) is 3.68. The van der Waals surface area contributed by atoms with Crippen LogP contribution in [0.5, 0.6) is 5.75 Å². The first-order chi connectivity index (χ1) is 14.0. The van der Waals surface area contributed by atoms with Gasteiger partial charge in [-0.25, -0.2) is 0 Å². The van der Waals surface area contributed by atoms with E-state index >= 15 is 0 Å². The van der Waals surface area contributed by atoms with Gasteiger partial charge in [0.05, 0.1) is 13.0 Å². The molecule has 0 aliphatic carbocycles. The zero-order valence-electron chi connectivity index (χ0n) is 15.5. The molecule has 8 heteroatoms. The fraction of sp³-hybridized carbons (Fsp3) is 0.238. The summed E-state index contributed by atoms with van der Waals surface area (Å²) in [5.41, 5.74) is 1.20. The van der Waals surface area contributed by atoms with Gasteiger partial charge >= 0.3 is 0 Å². The molecular formula is C21H18BrN3O4. The first kappa shape index (κ1) is 19.3. The van der Waals surface area contributed by atoms with Crippen molar-refractivity contribution in [3.63, 3.8) is 0 Å². The molecule has 7 nitrogen and oxygen atoms in total. The maximum Gasteiger partial charge on any atom is 0.247 e. The third kappa shape index (κ3) is 3.44. The molecule has 29 heavy (non-hydrogen) atoms. The molecule has 0 saturated carbocycles. The highest BCUT2D eigenvalue weighted by Crippen LogP contribution is 2.42. The van der Waals surface area contributed by atoms with Gasteiger partial charge in [-0.1, -0.05) is 34.1 Å². The Kier molecular flexibility index (Phi) is 5.19. The van der Waals surface area contributed by atoms with Crippen LogP contribution in [0.25, 0.3) is 0 Å². The second kappa shape index (κ2) is 7.79. The Morgan fingerprint density at radius 1 is 1.17 bits per heavy atom. The number of carbonyl (C=O) groups is 1. The maximum atomic E-state index is 13.5. The molecule has 1 fully saturated rings. The third-order valence-electron chi connectivity index (χ3n) is 5.38. The Labute approximate surface area is 175 Å². The van der Waals surface area contributed by atoms with Crippen molar-refractivity contribution in [3.05, 3.63) is 86.4 Å². The summed E-state index contributed by atoms with van der Waals surface area (Å²) in [6, 6.07) is 11.7. The molecule has 0 radical (unpaired) electrons. The van der Waals surface area contributed by atoms with Crippen molar-refractivity contribution in [2.45, 2.75) is 24.0 Å². The van der Waals surface area contributed by atoms with E-state index in [1.165, 1.54) is 0 Å². The lowest BCUT2D eigenvalue weighted by Crippen LogP contribution is -2.40. The number of halogens is 1. The second-order valence-electron chi connectivity index (χ2n) is 6.91. The van der Waals surface area contributed by atoms with Crippen LogP contribution < -0.4 is 4.74 Å². The van der Waals surface area contributed by atoms with Crippen molar-refractivity contribution in [3.8, 4) is 5.75 Å². The van der Waals surface area contributed by atoms with Gasteiger partial charge in [-0.2, -0.15) is 5.10 Å². The predicted molar refractivity (Wildman–Crippen MR) is 112 cm³/mol. The lowest BCUT2D eigenvalue weighted by molar-refractivity contribution is -0.525. The highest BCUT2D eigenvalue weighted by atomic mass is 79.9. The quantitative estimate of drug-likeness (QED) is 0.390. The van der Waals surface area contributed by atoms with Crippen molar-refractivity contribution in [2.24, 2.45) is 5.10 Å². The number of nitrogens with zero attached hydrogens (tertiary/aromatic N) is 3. The lowest BCUT2D eigenvalue weighted by Gasteiger charge is -2.27. The molecule has 2 aliphatic rings. The standard InChI is InChI=1S/C21H18BrN3O4/c1-29-16-10-6-14(7-11-16)21(26)20-18(13-4-8-15(22)9-5-13)19(25(27)28)17-3-2-12-23-24(17)20/h2-12,17-20H,1H3/t17-,18+,19-,20-/m0/s1. The first-order valence-electron chi connectivity index (χ1n) is 9.07. The summed E-state index contributed by atoms with van der Waals surface area (Å²) < 4.78 is 6.03. The van der Waals surface area contributed by atoms with Crippen LogP contribution in [0.15, 0.2) is 70.3 Å². The minimum absolute atomic E-state index is 0.206. The number of hydrazone groups is 1. The summed E-state index contributed by atoms with van der Waals surface area (Å²) in [5.74, 6) is -0.211. The fourth-order valence-corrected chi connectivity index (χ4v) is 4.33. The van der Waals surface area contributed by atoms with Crippen LogP contribution in [0.2, 0.25) is 0 Å². The zero-order chi connectivity index (χ0) is 20.5. The lowest BCUT2D eigenvalue weighted by atomic mass is 9.84. The normalized spacial score (nSPS) is 25.0. The summed E-state index contributed by atoms with van der Waals surface area (Å²) in [6.07, 6.45) is 5.00. The molecule has 2 heterocycles. The van der Waals surface area contributed by atoms with E-state index in [4.69, 9.17) is 4.74 Å². The summed E-state index contributed by atoms with van der Waals surface area (Å²) in [6.45, 7) is 0. The van der Waals surface area contributed by atoms with Gasteiger partial charge in [0.25, 0.3) is 0 Å². The highest BCUT2D eigenvalue weighted by Gasteiger charge is 2.58. The monoisotopic (exact) mass is 455 g/mol. The topological polar surface area (TPSA) is 85.0 Å². The van der Waals surface area contributed by atoms with Crippen molar-refractivity contribution < 1.29 is 14.5 Å².